The molecule has 0 saturated heterocycles. The first-order valence-corrected chi connectivity index (χ1v) is 6.68. The third kappa shape index (κ3) is 3.45. The minimum atomic E-state index is -3.59. The Bertz CT molecular complexity index is 447. The smallest absolute Gasteiger partial charge is 0.242 e. The van der Waals surface area contributed by atoms with E-state index in [0.717, 1.165) is 0 Å². The first kappa shape index (κ1) is 13.4. The van der Waals surface area contributed by atoms with Gasteiger partial charge in [-0.3, -0.25) is 0 Å². The number of aliphatic hydroxyl groups excluding tert-OH is 1. The summed E-state index contributed by atoms with van der Waals surface area (Å²) in [5, 5.41) is 8.98. The predicted molar refractivity (Wildman–Crippen MR) is 62.9 cm³/mol. The molecule has 0 amide bonds. The Morgan fingerprint density at radius 1 is 1.44 bits per heavy atom. The number of rotatable bonds is 5. The van der Waals surface area contributed by atoms with Crippen molar-refractivity contribution < 1.29 is 13.5 Å². The van der Waals surface area contributed by atoms with Gasteiger partial charge >= 0.3 is 0 Å². The summed E-state index contributed by atoms with van der Waals surface area (Å²) in [6, 6.07) is 6.23. The summed E-state index contributed by atoms with van der Waals surface area (Å²) >= 11 is 5.79. The molecule has 0 heterocycles. The summed E-state index contributed by atoms with van der Waals surface area (Å²) < 4.78 is 26.0. The largest absolute Gasteiger partial charge is 0.396 e. The van der Waals surface area contributed by atoms with Crippen LogP contribution in [0.15, 0.2) is 29.2 Å². The van der Waals surface area contributed by atoms with E-state index in [4.69, 9.17) is 16.7 Å². The summed E-state index contributed by atoms with van der Waals surface area (Å²) in [6.07, 6.45) is 0. The average Bonchev–Trinajstić information content (AvgIpc) is 2.26. The fraction of sp³-hybridized carbons (Fsp3) is 0.400. The van der Waals surface area contributed by atoms with Crippen molar-refractivity contribution in [1.29, 1.82) is 0 Å². The fourth-order valence-electron chi connectivity index (χ4n) is 1.06. The molecule has 0 radical (unpaired) electrons. The zero-order chi connectivity index (χ0) is 12.2. The average molecular weight is 264 g/mol. The molecule has 0 fully saturated rings. The third-order valence-electron chi connectivity index (χ3n) is 2.06. The standard InChI is InChI=1S/C10H14ClNO3S/c1-8(7-13)6-12-16(14,15)10-5-3-2-4-9(10)11/h2-5,8,12-13H,6-7H2,1H3/t8-/m1/s1. The monoisotopic (exact) mass is 263 g/mol. The molecule has 1 atom stereocenters. The lowest BCUT2D eigenvalue weighted by Gasteiger charge is -2.11. The highest BCUT2D eigenvalue weighted by molar-refractivity contribution is 7.89. The maximum Gasteiger partial charge on any atom is 0.242 e. The normalized spacial score (nSPS) is 13.7. The molecule has 0 spiro atoms. The van der Waals surface area contributed by atoms with Crippen molar-refractivity contribution in [3.05, 3.63) is 29.3 Å². The number of hydrogen-bond donors (Lipinski definition) is 2. The minimum absolute atomic E-state index is 0.0572. The molecule has 4 nitrogen and oxygen atoms in total. The van der Waals surface area contributed by atoms with Crippen LogP contribution in [-0.4, -0.2) is 26.7 Å². The summed E-state index contributed by atoms with van der Waals surface area (Å²) in [7, 11) is -3.59. The quantitative estimate of drug-likeness (QED) is 0.840. The molecule has 0 unspecified atom stereocenters. The highest BCUT2D eigenvalue weighted by atomic mass is 35.5. The van der Waals surface area contributed by atoms with Crippen LogP contribution in [0.2, 0.25) is 5.02 Å². The van der Waals surface area contributed by atoms with E-state index >= 15 is 0 Å². The van der Waals surface area contributed by atoms with Crippen LogP contribution in [0, 0.1) is 5.92 Å². The Hall–Kier alpha value is -0.620. The Morgan fingerprint density at radius 2 is 2.06 bits per heavy atom. The molecule has 1 aromatic rings. The van der Waals surface area contributed by atoms with Crippen molar-refractivity contribution in [2.45, 2.75) is 11.8 Å². The van der Waals surface area contributed by atoms with E-state index in [1.165, 1.54) is 12.1 Å². The zero-order valence-corrected chi connectivity index (χ0v) is 10.4. The first-order valence-electron chi connectivity index (χ1n) is 4.82. The van der Waals surface area contributed by atoms with Crippen LogP contribution in [-0.2, 0) is 10.0 Å². The lowest BCUT2D eigenvalue weighted by molar-refractivity contribution is 0.238. The van der Waals surface area contributed by atoms with Crippen molar-refractivity contribution >= 4 is 21.6 Å². The predicted octanol–water partition coefficient (Wildman–Crippen LogP) is 1.25. The van der Waals surface area contributed by atoms with Gasteiger partial charge < -0.3 is 5.11 Å². The molecule has 0 aliphatic carbocycles. The van der Waals surface area contributed by atoms with E-state index in [0.29, 0.717) is 0 Å². The van der Waals surface area contributed by atoms with Gasteiger partial charge in [-0.25, -0.2) is 13.1 Å². The fourth-order valence-corrected chi connectivity index (χ4v) is 2.74. The van der Waals surface area contributed by atoms with Gasteiger partial charge in [0.2, 0.25) is 10.0 Å². The van der Waals surface area contributed by atoms with Crippen LogP contribution < -0.4 is 4.72 Å². The van der Waals surface area contributed by atoms with E-state index in [1.807, 2.05) is 0 Å². The second-order valence-corrected chi connectivity index (χ2v) is 5.71. The van der Waals surface area contributed by atoms with Gasteiger partial charge in [0.1, 0.15) is 4.90 Å². The van der Waals surface area contributed by atoms with E-state index in [9.17, 15) is 8.42 Å². The van der Waals surface area contributed by atoms with Crippen LogP contribution >= 0.6 is 11.6 Å². The van der Waals surface area contributed by atoms with Crippen molar-refractivity contribution in [3.8, 4) is 0 Å². The van der Waals surface area contributed by atoms with E-state index < -0.39 is 10.0 Å². The lowest BCUT2D eigenvalue weighted by atomic mass is 10.2. The van der Waals surface area contributed by atoms with Gasteiger partial charge in [-0.05, 0) is 18.1 Å². The van der Waals surface area contributed by atoms with Gasteiger partial charge in [0.05, 0.1) is 5.02 Å². The number of aliphatic hydroxyl groups is 1. The maximum atomic E-state index is 11.8. The number of sulfonamides is 1. The van der Waals surface area contributed by atoms with Crippen molar-refractivity contribution in [1.82, 2.24) is 4.72 Å². The first-order chi connectivity index (χ1) is 7.47. The van der Waals surface area contributed by atoms with Crippen LogP contribution in [0.25, 0.3) is 0 Å². The number of hydrogen-bond acceptors (Lipinski definition) is 3. The molecule has 2 N–H and O–H groups in total. The van der Waals surface area contributed by atoms with Gasteiger partial charge in [-0.15, -0.1) is 0 Å². The Kier molecular flexibility index (Phi) is 4.73. The van der Waals surface area contributed by atoms with E-state index in [1.54, 1.807) is 19.1 Å². The lowest BCUT2D eigenvalue weighted by Crippen LogP contribution is -2.29. The zero-order valence-electron chi connectivity index (χ0n) is 8.85. The van der Waals surface area contributed by atoms with Crippen LogP contribution in [0.3, 0.4) is 0 Å². The third-order valence-corrected chi connectivity index (χ3v) is 3.98. The molecule has 0 aliphatic rings. The summed E-state index contributed by atoms with van der Waals surface area (Å²) in [6.45, 7) is 1.87. The van der Waals surface area contributed by atoms with Gasteiger partial charge in [-0.1, -0.05) is 30.7 Å². The molecule has 0 saturated carbocycles. The van der Waals surface area contributed by atoms with Gasteiger partial charge in [0.25, 0.3) is 0 Å². The Morgan fingerprint density at radius 3 is 2.62 bits per heavy atom. The molecule has 6 heteroatoms. The molecule has 0 bridgehead atoms. The SMILES string of the molecule is C[C@@H](CO)CNS(=O)(=O)c1ccccc1Cl. The molecule has 16 heavy (non-hydrogen) atoms. The number of halogens is 1. The molecular weight excluding hydrogens is 250 g/mol. The highest BCUT2D eigenvalue weighted by Gasteiger charge is 2.17. The second kappa shape index (κ2) is 5.63. The Labute approximate surface area is 100 Å². The minimum Gasteiger partial charge on any atom is -0.396 e. The van der Waals surface area contributed by atoms with Gasteiger partial charge in [-0.2, -0.15) is 0 Å². The van der Waals surface area contributed by atoms with Crippen LogP contribution in [0.4, 0.5) is 0 Å². The maximum absolute atomic E-state index is 11.8. The van der Waals surface area contributed by atoms with Crippen LogP contribution in [0.5, 0.6) is 0 Å². The number of benzene rings is 1. The van der Waals surface area contributed by atoms with E-state index in [2.05, 4.69) is 4.72 Å². The summed E-state index contributed by atoms with van der Waals surface area (Å²) in [5.41, 5.74) is 0. The molecule has 0 aliphatic heterocycles. The second-order valence-electron chi connectivity index (χ2n) is 3.57. The Balaban J connectivity index is 2.83. The van der Waals surface area contributed by atoms with Gasteiger partial charge in [0.15, 0.2) is 0 Å². The van der Waals surface area contributed by atoms with Crippen molar-refractivity contribution in [2.24, 2.45) is 5.92 Å². The molecule has 0 aromatic heterocycles. The highest BCUT2D eigenvalue weighted by Crippen LogP contribution is 2.20. The molecule has 90 valence electrons. The van der Waals surface area contributed by atoms with Crippen molar-refractivity contribution in [3.63, 3.8) is 0 Å². The molecule has 1 aromatic carbocycles. The molecule has 1 rings (SSSR count). The summed E-state index contributed by atoms with van der Waals surface area (Å²) in [5.74, 6) is -0.128. The van der Waals surface area contributed by atoms with Crippen molar-refractivity contribution in [2.75, 3.05) is 13.2 Å². The van der Waals surface area contributed by atoms with E-state index in [-0.39, 0.29) is 29.0 Å². The van der Waals surface area contributed by atoms with Crippen LogP contribution in [0.1, 0.15) is 6.92 Å². The summed E-state index contributed by atoms with van der Waals surface area (Å²) in [4.78, 5) is 0.0572. The van der Waals surface area contributed by atoms with Gasteiger partial charge in [0, 0.05) is 13.2 Å². The molecular formula is C10H14ClNO3S. The topological polar surface area (TPSA) is 66.4 Å². The number of nitrogens with one attached hydrogen (secondary N) is 1.